The van der Waals surface area contributed by atoms with Crippen molar-refractivity contribution in [2.75, 3.05) is 32.8 Å². The maximum Gasteiger partial charge on any atom is 0.323 e. The number of aromatic amines is 1. The molecule has 1 aromatic heterocycles. The molecule has 5 rings (SSSR count). The van der Waals surface area contributed by atoms with Crippen LogP contribution >= 0.6 is 0 Å². The molecule has 1 N–H and O–H groups in total. The molecule has 0 radical (unpaired) electrons. The summed E-state index contributed by atoms with van der Waals surface area (Å²) >= 11 is 0. The Hall–Kier alpha value is -3.59. The van der Waals surface area contributed by atoms with Crippen LogP contribution in [0.2, 0.25) is 0 Å². The summed E-state index contributed by atoms with van der Waals surface area (Å²) in [5.74, 6) is -3.87. The van der Waals surface area contributed by atoms with E-state index < -0.39 is 17.5 Å². The standard InChI is InChI=1S/C32H36F3N3O3/c1-2-41-32(40)29(37-15-11-23(12-16-37)25-20-36-28-6-4-3-5-24(25)28)19-21-9-13-38(14-10-21)30(39)8-7-22-17-26(33)31(35)27(34)18-22/h3-8,17-18,20-21,23,29,36H,2,9-16,19H2,1H3. The van der Waals surface area contributed by atoms with Gasteiger partial charge in [0.2, 0.25) is 5.91 Å². The monoisotopic (exact) mass is 567 g/mol. The molecule has 0 spiro atoms. The molecule has 9 heteroatoms. The SMILES string of the molecule is CCOC(=O)C(CC1CCN(C(=O)C=Cc2cc(F)c(F)c(F)c2)CC1)N1CCC(c2c[nH]c3ccccc23)CC1. The Labute approximate surface area is 238 Å². The number of nitrogens with zero attached hydrogens (tertiary/aromatic N) is 2. The Balaban J connectivity index is 1.16. The first-order valence-electron chi connectivity index (χ1n) is 14.4. The molecule has 1 atom stereocenters. The lowest BCUT2D eigenvalue weighted by atomic mass is 9.86. The Morgan fingerprint density at radius 3 is 2.39 bits per heavy atom. The molecule has 0 bridgehead atoms. The zero-order chi connectivity index (χ0) is 28.9. The lowest BCUT2D eigenvalue weighted by Crippen LogP contribution is -2.48. The third-order valence-electron chi connectivity index (χ3n) is 8.50. The second kappa shape index (κ2) is 12.9. The third-order valence-corrected chi connectivity index (χ3v) is 8.50. The highest BCUT2D eigenvalue weighted by Gasteiger charge is 2.35. The van der Waals surface area contributed by atoms with Gasteiger partial charge >= 0.3 is 5.97 Å². The van der Waals surface area contributed by atoms with Gasteiger partial charge in [-0.2, -0.15) is 0 Å². The van der Waals surface area contributed by atoms with Gasteiger partial charge in [0.05, 0.1) is 6.61 Å². The molecule has 2 fully saturated rings. The number of ether oxygens (including phenoxy) is 1. The number of fused-ring (bicyclic) bond motifs is 1. The summed E-state index contributed by atoms with van der Waals surface area (Å²) in [7, 11) is 0. The lowest BCUT2D eigenvalue weighted by Gasteiger charge is -2.39. The average molecular weight is 568 g/mol. The second-order valence-corrected chi connectivity index (χ2v) is 11.0. The highest BCUT2D eigenvalue weighted by atomic mass is 19.2. The number of hydrogen-bond donors (Lipinski definition) is 1. The molecule has 0 saturated carbocycles. The number of likely N-dealkylation sites (tertiary alicyclic amines) is 2. The molecule has 1 amide bonds. The fraction of sp³-hybridized carbons (Fsp3) is 0.438. The van der Waals surface area contributed by atoms with Gasteiger partial charge in [-0.3, -0.25) is 14.5 Å². The molecular formula is C32H36F3N3O3. The number of carbonyl (C=O) groups is 2. The number of rotatable bonds is 8. The largest absolute Gasteiger partial charge is 0.465 e. The molecule has 6 nitrogen and oxygen atoms in total. The van der Waals surface area contributed by atoms with Gasteiger partial charge in [-0.15, -0.1) is 0 Å². The van der Waals surface area contributed by atoms with Crippen LogP contribution < -0.4 is 0 Å². The highest BCUT2D eigenvalue weighted by Crippen LogP contribution is 2.35. The van der Waals surface area contributed by atoms with Gasteiger partial charge in [-0.25, -0.2) is 13.2 Å². The fourth-order valence-electron chi connectivity index (χ4n) is 6.24. The van der Waals surface area contributed by atoms with Crippen molar-refractivity contribution < 1.29 is 27.5 Å². The van der Waals surface area contributed by atoms with Crippen LogP contribution in [-0.2, 0) is 14.3 Å². The number of aromatic nitrogens is 1. The molecule has 218 valence electrons. The number of benzene rings is 2. The van der Waals surface area contributed by atoms with Crippen LogP contribution in [-0.4, -0.2) is 65.5 Å². The molecular weight excluding hydrogens is 531 g/mol. The Kier molecular flexibility index (Phi) is 9.12. The summed E-state index contributed by atoms with van der Waals surface area (Å²) in [6, 6.07) is 9.74. The maximum atomic E-state index is 13.5. The topological polar surface area (TPSA) is 65.6 Å². The van der Waals surface area contributed by atoms with E-state index in [9.17, 15) is 22.8 Å². The van der Waals surface area contributed by atoms with Crippen LogP contribution in [0.15, 0.2) is 48.7 Å². The van der Waals surface area contributed by atoms with E-state index in [0.29, 0.717) is 32.0 Å². The molecule has 2 saturated heterocycles. The minimum Gasteiger partial charge on any atom is -0.465 e. The first kappa shape index (κ1) is 28.9. The quantitative estimate of drug-likeness (QED) is 0.205. The van der Waals surface area contributed by atoms with Crippen LogP contribution in [0.1, 0.15) is 56.1 Å². The minimum absolute atomic E-state index is 0.0791. The molecule has 3 aromatic rings. The van der Waals surface area contributed by atoms with Gasteiger partial charge in [-0.05, 0) is 99.4 Å². The van der Waals surface area contributed by atoms with E-state index in [1.807, 2.05) is 13.0 Å². The molecule has 2 aromatic carbocycles. The maximum absolute atomic E-state index is 13.5. The van der Waals surface area contributed by atoms with Crippen molar-refractivity contribution in [3.8, 4) is 0 Å². The fourth-order valence-corrected chi connectivity index (χ4v) is 6.24. The van der Waals surface area contributed by atoms with Crippen LogP contribution in [0.25, 0.3) is 17.0 Å². The lowest BCUT2D eigenvalue weighted by molar-refractivity contribution is -0.151. The number of carbonyl (C=O) groups excluding carboxylic acids is 2. The second-order valence-electron chi connectivity index (χ2n) is 11.0. The molecule has 2 aliphatic rings. The summed E-state index contributed by atoms with van der Waals surface area (Å²) in [5, 5.41) is 1.26. The third kappa shape index (κ3) is 6.67. The normalized spacial score (nSPS) is 18.3. The van der Waals surface area contributed by atoms with E-state index in [1.165, 1.54) is 23.1 Å². The van der Waals surface area contributed by atoms with E-state index in [-0.39, 0.29) is 29.4 Å². The Bertz CT molecular complexity index is 1380. The van der Waals surface area contributed by atoms with Gasteiger partial charge in [0.15, 0.2) is 17.5 Å². The predicted octanol–water partition coefficient (Wildman–Crippen LogP) is 6.04. The molecule has 3 heterocycles. The van der Waals surface area contributed by atoms with Crippen molar-refractivity contribution in [3.05, 3.63) is 77.2 Å². The van der Waals surface area contributed by atoms with Crippen LogP contribution in [0.5, 0.6) is 0 Å². The number of halogens is 3. The molecule has 41 heavy (non-hydrogen) atoms. The van der Waals surface area contributed by atoms with Crippen molar-refractivity contribution in [2.45, 2.75) is 51.0 Å². The van der Waals surface area contributed by atoms with Crippen LogP contribution in [0, 0.1) is 23.4 Å². The first-order valence-corrected chi connectivity index (χ1v) is 14.4. The molecule has 1 unspecified atom stereocenters. The van der Waals surface area contributed by atoms with Crippen molar-refractivity contribution in [1.29, 1.82) is 0 Å². The van der Waals surface area contributed by atoms with Crippen molar-refractivity contribution in [3.63, 3.8) is 0 Å². The number of para-hydroxylation sites is 1. The number of piperidine rings is 2. The summed E-state index contributed by atoms with van der Waals surface area (Å²) in [4.78, 5) is 33.1. The molecule has 0 aliphatic carbocycles. The number of hydrogen-bond acceptors (Lipinski definition) is 4. The van der Waals surface area contributed by atoms with E-state index in [4.69, 9.17) is 4.74 Å². The Morgan fingerprint density at radius 2 is 1.71 bits per heavy atom. The number of H-pyrrole nitrogens is 1. The summed E-state index contributed by atoms with van der Waals surface area (Å²) < 4.78 is 45.6. The minimum atomic E-state index is -1.53. The zero-order valence-corrected chi connectivity index (χ0v) is 23.3. The zero-order valence-electron chi connectivity index (χ0n) is 23.3. The smallest absolute Gasteiger partial charge is 0.323 e. The number of nitrogens with one attached hydrogen (secondary N) is 1. The molecule has 2 aliphatic heterocycles. The number of amides is 1. The summed E-state index contributed by atoms with van der Waals surface area (Å²) in [5.41, 5.74) is 2.57. The van der Waals surface area contributed by atoms with E-state index in [1.54, 1.807) is 4.90 Å². The van der Waals surface area contributed by atoms with Gasteiger partial charge in [-0.1, -0.05) is 18.2 Å². The van der Waals surface area contributed by atoms with Gasteiger partial charge in [0.25, 0.3) is 0 Å². The highest BCUT2D eigenvalue weighted by molar-refractivity contribution is 5.91. The van der Waals surface area contributed by atoms with Gasteiger partial charge < -0.3 is 14.6 Å². The summed E-state index contributed by atoms with van der Waals surface area (Å²) in [6.45, 7) is 4.85. The van der Waals surface area contributed by atoms with Crippen LogP contribution in [0.3, 0.4) is 0 Å². The van der Waals surface area contributed by atoms with E-state index in [0.717, 1.165) is 56.4 Å². The Morgan fingerprint density at radius 1 is 1.02 bits per heavy atom. The van der Waals surface area contributed by atoms with E-state index in [2.05, 4.69) is 34.3 Å². The van der Waals surface area contributed by atoms with E-state index >= 15 is 0 Å². The van der Waals surface area contributed by atoms with Gasteiger partial charge in [0, 0.05) is 36.3 Å². The van der Waals surface area contributed by atoms with Gasteiger partial charge in [0.1, 0.15) is 6.04 Å². The van der Waals surface area contributed by atoms with Crippen molar-refractivity contribution in [2.24, 2.45) is 5.92 Å². The predicted molar refractivity (Wildman–Crippen MR) is 152 cm³/mol. The first-order chi connectivity index (χ1) is 19.8. The van der Waals surface area contributed by atoms with Crippen LogP contribution in [0.4, 0.5) is 13.2 Å². The number of esters is 1. The summed E-state index contributed by atoms with van der Waals surface area (Å²) in [6.07, 6.45) is 8.79. The average Bonchev–Trinajstić information content (AvgIpc) is 3.42. The van der Waals surface area contributed by atoms with Crippen molar-refractivity contribution >= 4 is 28.9 Å². The van der Waals surface area contributed by atoms with Crippen molar-refractivity contribution in [1.82, 2.24) is 14.8 Å².